The molecule has 7 heteroatoms. The van der Waals surface area contributed by atoms with Crippen LogP contribution in [0.5, 0.6) is 0 Å². The highest BCUT2D eigenvalue weighted by Gasteiger charge is 2.16. The van der Waals surface area contributed by atoms with Gasteiger partial charge in [0.1, 0.15) is 6.29 Å². The smallest absolute Gasteiger partial charge is 0.321 e. The van der Waals surface area contributed by atoms with Crippen molar-refractivity contribution in [1.29, 1.82) is 0 Å². The molecule has 23 heavy (non-hydrogen) atoms. The highest BCUT2D eigenvalue weighted by atomic mass is 16.5. The number of carbonyl (C=O) groups is 3. The van der Waals surface area contributed by atoms with Crippen LogP contribution in [0, 0.1) is 0 Å². The van der Waals surface area contributed by atoms with Gasteiger partial charge in [0.25, 0.3) is 0 Å². The lowest BCUT2D eigenvalue weighted by atomic mass is 10.2. The quantitative estimate of drug-likeness (QED) is 0.623. The van der Waals surface area contributed by atoms with Crippen molar-refractivity contribution in [3.05, 3.63) is 35.9 Å². The van der Waals surface area contributed by atoms with E-state index in [1.54, 1.807) is 35.2 Å². The normalized spacial score (nSPS) is 14.5. The summed E-state index contributed by atoms with van der Waals surface area (Å²) >= 11 is 0. The number of hydrogen-bond donors (Lipinski definition) is 2. The number of amides is 3. The van der Waals surface area contributed by atoms with E-state index in [2.05, 4.69) is 10.6 Å². The number of nitrogens with one attached hydrogen (secondary N) is 2. The first-order chi connectivity index (χ1) is 11.2. The summed E-state index contributed by atoms with van der Waals surface area (Å²) in [4.78, 5) is 35.2. The van der Waals surface area contributed by atoms with Crippen LogP contribution in [0.3, 0.4) is 0 Å². The van der Waals surface area contributed by atoms with E-state index in [1.165, 1.54) is 6.08 Å². The third-order valence-electron chi connectivity index (χ3n) is 3.25. The first-order valence-corrected chi connectivity index (χ1v) is 7.32. The lowest BCUT2D eigenvalue weighted by Gasteiger charge is -2.26. The van der Waals surface area contributed by atoms with Gasteiger partial charge in [-0.15, -0.1) is 0 Å². The van der Waals surface area contributed by atoms with E-state index in [0.717, 1.165) is 5.56 Å². The van der Waals surface area contributed by atoms with Crippen LogP contribution >= 0.6 is 0 Å². The Labute approximate surface area is 134 Å². The molecule has 0 aliphatic carbocycles. The topological polar surface area (TPSA) is 87.7 Å². The zero-order chi connectivity index (χ0) is 16.5. The fourth-order valence-corrected chi connectivity index (χ4v) is 2.02. The Morgan fingerprint density at radius 3 is 2.52 bits per heavy atom. The van der Waals surface area contributed by atoms with Gasteiger partial charge in [-0.05, 0) is 23.8 Å². The van der Waals surface area contributed by atoms with Crippen LogP contribution in [-0.4, -0.2) is 56.0 Å². The highest BCUT2D eigenvalue weighted by Crippen LogP contribution is 2.12. The molecule has 3 amide bonds. The van der Waals surface area contributed by atoms with E-state index in [9.17, 15) is 14.4 Å². The summed E-state index contributed by atoms with van der Waals surface area (Å²) in [6.45, 7) is 2.29. The second-order valence-corrected chi connectivity index (χ2v) is 4.90. The predicted octanol–water partition coefficient (Wildman–Crippen LogP) is 0.879. The minimum Gasteiger partial charge on any atom is -0.378 e. The molecule has 1 aromatic carbocycles. The molecule has 122 valence electrons. The van der Waals surface area contributed by atoms with Crippen molar-refractivity contribution < 1.29 is 19.1 Å². The van der Waals surface area contributed by atoms with Crippen molar-refractivity contribution in [3.63, 3.8) is 0 Å². The number of aldehydes is 1. The maximum absolute atomic E-state index is 12.0. The minimum atomic E-state index is -0.332. The molecule has 1 heterocycles. The third-order valence-corrected chi connectivity index (χ3v) is 3.25. The summed E-state index contributed by atoms with van der Waals surface area (Å²) in [5, 5.41) is 5.23. The minimum absolute atomic E-state index is 0.00428. The lowest BCUT2D eigenvalue weighted by molar-refractivity contribution is -0.118. The molecule has 1 aliphatic heterocycles. The molecule has 1 aromatic rings. The second-order valence-electron chi connectivity index (χ2n) is 4.90. The van der Waals surface area contributed by atoms with Gasteiger partial charge >= 0.3 is 6.03 Å². The highest BCUT2D eigenvalue weighted by molar-refractivity contribution is 5.93. The monoisotopic (exact) mass is 317 g/mol. The van der Waals surface area contributed by atoms with E-state index in [1.807, 2.05) is 0 Å². The molecule has 1 fully saturated rings. The molecule has 0 radical (unpaired) electrons. The Morgan fingerprint density at radius 2 is 1.87 bits per heavy atom. The number of carbonyl (C=O) groups excluding carboxylic acids is 3. The number of ether oxygens (including phenoxy) is 1. The molecule has 1 saturated heterocycles. The zero-order valence-electron chi connectivity index (χ0n) is 12.7. The maximum atomic E-state index is 12.0. The van der Waals surface area contributed by atoms with Crippen LogP contribution in [0.25, 0.3) is 6.08 Å². The average Bonchev–Trinajstić information content (AvgIpc) is 2.60. The van der Waals surface area contributed by atoms with Gasteiger partial charge in [0.2, 0.25) is 5.91 Å². The molecule has 0 aromatic heterocycles. The van der Waals surface area contributed by atoms with Crippen molar-refractivity contribution in [1.82, 2.24) is 10.2 Å². The van der Waals surface area contributed by atoms with E-state index in [-0.39, 0.29) is 18.5 Å². The molecule has 0 atom stereocenters. The van der Waals surface area contributed by atoms with Crippen molar-refractivity contribution in [2.45, 2.75) is 0 Å². The van der Waals surface area contributed by atoms with E-state index in [4.69, 9.17) is 4.74 Å². The molecule has 0 spiro atoms. The van der Waals surface area contributed by atoms with Crippen LogP contribution in [0.2, 0.25) is 0 Å². The largest absolute Gasteiger partial charge is 0.378 e. The zero-order valence-corrected chi connectivity index (χ0v) is 12.7. The summed E-state index contributed by atoms with van der Waals surface area (Å²) in [7, 11) is 0. The summed E-state index contributed by atoms with van der Waals surface area (Å²) < 4.78 is 5.21. The average molecular weight is 317 g/mol. The van der Waals surface area contributed by atoms with Gasteiger partial charge in [0.05, 0.1) is 19.8 Å². The molecule has 1 aliphatic rings. The van der Waals surface area contributed by atoms with E-state index < -0.39 is 0 Å². The SMILES string of the molecule is O=CCNC(=O)C=Cc1ccc(NC(=O)N2CCOCC2)cc1. The second kappa shape index (κ2) is 8.70. The van der Waals surface area contributed by atoms with Gasteiger partial charge in [-0.1, -0.05) is 12.1 Å². The number of anilines is 1. The molecular weight excluding hydrogens is 298 g/mol. The van der Waals surface area contributed by atoms with Gasteiger partial charge in [0.15, 0.2) is 0 Å². The molecule has 2 N–H and O–H groups in total. The third kappa shape index (κ3) is 5.55. The van der Waals surface area contributed by atoms with Gasteiger partial charge in [0, 0.05) is 24.9 Å². The van der Waals surface area contributed by atoms with Crippen LogP contribution in [0.1, 0.15) is 5.56 Å². The Kier molecular flexibility index (Phi) is 6.31. The Morgan fingerprint density at radius 1 is 1.17 bits per heavy atom. The first kappa shape index (κ1) is 16.7. The Bertz CT molecular complexity index is 577. The number of morpholine rings is 1. The number of urea groups is 1. The van der Waals surface area contributed by atoms with E-state index in [0.29, 0.717) is 38.3 Å². The van der Waals surface area contributed by atoms with Crippen molar-refractivity contribution in [2.75, 3.05) is 38.2 Å². The van der Waals surface area contributed by atoms with Crippen molar-refractivity contribution in [2.24, 2.45) is 0 Å². The first-order valence-electron chi connectivity index (χ1n) is 7.32. The van der Waals surface area contributed by atoms with E-state index >= 15 is 0 Å². The van der Waals surface area contributed by atoms with Gasteiger partial charge < -0.3 is 25.1 Å². The molecule has 0 unspecified atom stereocenters. The number of benzene rings is 1. The number of nitrogens with zero attached hydrogens (tertiary/aromatic N) is 1. The van der Waals surface area contributed by atoms with Gasteiger partial charge in [-0.25, -0.2) is 4.79 Å². The predicted molar refractivity (Wildman–Crippen MR) is 86.0 cm³/mol. The van der Waals surface area contributed by atoms with Gasteiger partial charge in [-0.2, -0.15) is 0 Å². The summed E-state index contributed by atoms with van der Waals surface area (Å²) in [5.74, 6) is -0.332. The van der Waals surface area contributed by atoms with Crippen molar-refractivity contribution >= 4 is 30.0 Å². The number of rotatable bonds is 5. The summed E-state index contributed by atoms with van der Waals surface area (Å²) in [6.07, 6.45) is 3.61. The molecule has 7 nitrogen and oxygen atoms in total. The number of hydrogen-bond acceptors (Lipinski definition) is 4. The van der Waals surface area contributed by atoms with Crippen LogP contribution < -0.4 is 10.6 Å². The molecule has 2 rings (SSSR count). The fourth-order valence-electron chi connectivity index (χ4n) is 2.02. The van der Waals surface area contributed by atoms with Crippen LogP contribution in [-0.2, 0) is 14.3 Å². The summed E-state index contributed by atoms with van der Waals surface area (Å²) in [5.41, 5.74) is 1.50. The van der Waals surface area contributed by atoms with Crippen molar-refractivity contribution in [3.8, 4) is 0 Å². The Hall–Kier alpha value is -2.67. The van der Waals surface area contributed by atoms with Crippen LogP contribution in [0.15, 0.2) is 30.3 Å². The summed E-state index contributed by atoms with van der Waals surface area (Å²) in [6, 6.07) is 6.96. The fraction of sp³-hybridized carbons (Fsp3) is 0.312. The van der Waals surface area contributed by atoms with Gasteiger partial charge in [-0.3, -0.25) is 4.79 Å². The molecule has 0 saturated carbocycles. The standard InChI is InChI=1S/C16H19N3O4/c20-10-7-17-15(21)6-3-13-1-4-14(5-2-13)18-16(22)19-8-11-23-12-9-19/h1-6,10H,7-9,11-12H2,(H,17,21)(H,18,22). The maximum Gasteiger partial charge on any atom is 0.321 e. The Balaban J connectivity index is 1.86. The van der Waals surface area contributed by atoms with Crippen LogP contribution in [0.4, 0.5) is 10.5 Å². The lowest BCUT2D eigenvalue weighted by Crippen LogP contribution is -2.43. The molecule has 0 bridgehead atoms. The molecular formula is C16H19N3O4.